The Bertz CT molecular complexity index is 1210. The molecule has 1 aliphatic heterocycles. The van der Waals surface area contributed by atoms with E-state index in [1.54, 1.807) is 6.20 Å². The van der Waals surface area contributed by atoms with Gasteiger partial charge in [0, 0.05) is 30.3 Å². The first-order valence-corrected chi connectivity index (χ1v) is 12.8. The van der Waals surface area contributed by atoms with Crippen molar-refractivity contribution in [1.82, 2.24) is 30.0 Å². The van der Waals surface area contributed by atoms with Crippen LogP contribution in [0.2, 0.25) is 0 Å². The minimum Gasteiger partial charge on any atom is -0.350 e. The first kappa shape index (κ1) is 21.5. The van der Waals surface area contributed by atoms with Gasteiger partial charge in [-0.05, 0) is 69.2 Å². The fourth-order valence-electron chi connectivity index (χ4n) is 5.64. The molecule has 3 aromatic rings. The molecule has 3 heterocycles. The zero-order valence-electron chi connectivity index (χ0n) is 19.8. The van der Waals surface area contributed by atoms with Crippen molar-refractivity contribution in [2.75, 3.05) is 19.6 Å². The van der Waals surface area contributed by atoms with Crippen LogP contribution < -0.4 is 5.32 Å². The molecule has 1 atom stereocenters. The fraction of sp³-hybridized carbons (Fsp3) is 0.481. The summed E-state index contributed by atoms with van der Waals surface area (Å²) in [5.41, 5.74) is 6.34. The fourth-order valence-corrected chi connectivity index (χ4v) is 5.64. The number of carbonyl (C=O) groups excluding carboxylic acids is 1. The Labute approximate surface area is 200 Å². The molecule has 2 fully saturated rings. The Hall–Kier alpha value is -3.06. The zero-order valence-corrected chi connectivity index (χ0v) is 19.8. The monoisotopic (exact) mass is 456 g/mol. The molecule has 3 aliphatic rings. The summed E-state index contributed by atoms with van der Waals surface area (Å²) in [7, 11) is 0. The summed E-state index contributed by atoms with van der Waals surface area (Å²) < 4.78 is 1.81. The van der Waals surface area contributed by atoms with Crippen LogP contribution in [0.3, 0.4) is 0 Å². The molecule has 176 valence electrons. The number of aromatic nitrogens is 4. The maximum Gasteiger partial charge on any atom is 0.254 e. The molecule has 1 N–H and O–H groups in total. The predicted octanol–water partition coefficient (Wildman–Crippen LogP) is 3.91. The van der Waals surface area contributed by atoms with Crippen molar-refractivity contribution in [3.63, 3.8) is 0 Å². The summed E-state index contributed by atoms with van der Waals surface area (Å²) in [6, 6.07) is 8.96. The van der Waals surface area contributed by atoms with E-state index in [1.165, 1.54) is 23.1 Å². The van der Waals surface area contributed by atoms with Crippen LogP contribution in [0, 0.1) is 0 Å². The van der Waals surface area contributed by atoms with Crippen molar-refractivity contribution in [2.24, 2.45) is 0 Å². The Morgan fingerprint density at radius 3 is 2.79 bits per heavy atom. The van der Waals surface area contributed by atoms with E-state index in [-0.39, 0.29) is 5.91 Å². The third-order valence-corrected chi connectivity index (χ3v) is 7.62. The van der Waals surface area contributed by atoms with Gasteiger partial charge >= 0.3 is 0 Å². The standard InChI is InChI=1S/C27H32N6O/c1-2-32-14-6-10-21(32)16-28-26(34)23-17-30-33(25(23)19-12-13-19)27-29-15-20-9-5-8-18-7-3-4-11-22(18)24(20)31-27/h3-4,7,11,15,17,19,21H,2,5-6,8-10,12-14,16H2,1H3,(H,28,34)/t21-/m0/s1. The number of rotatable bonds is 6. The predicted molar refractivity (Wildman–Crippen MR) is 131 cm³/mol. The van der Waals surface area contributed by atoms with E-state index in [4.69, 9.17) is 9.97 Å². The molecule has 1 saturated heterocycles. The van der Waals surface area contributed by atoms with E-state index in [0.717, 1.165) is 63.0 Å². The van der Waals surface area contributed by atoms with Gasteiger partial charge < -0.3 is 5.32 Å². The Morgan fingerprint density at radius 1 is 1.09 bits per heavy atom. The van der Waals surface area contributed by atoms with Crippen LogP contribution in [0.25, 0.3) is 17.2 Å². The molecule has 7 heteroatoms. The summed E-state index contributed by atoms with van der Waals surface area (Å²) in [4.78, 5) is 25.4. The van der Waals surface area contributed by atoms with Crippen molar-refractivity contribution < 1.29 is 4.79 Å². The van der Waals surface area contributed by atoms with Crippen molar-refractivity contribution >= 4 is 5.91 Å². The third kappa shape index (κ3) is 3.92. The minimum atomic E-state index is -0.0313. The van der Waals surface area contributed by atoms with Gasteiger partial charge in [0.25, 0.3) is 11.9 Å². The summed E-state index contributed by atoms with van der Waals surface area (Å²) in [6.45, 7) is 5.04. The lowest BCUT2D eigenvalue weighted by atomic mass is 10.0. The van der Waals surface area contributed by atoms with Gasteiger partial charge in [-0.3, -0.25) is 9.69 Å². The Morgan fingerprint density at radius 2 is 1.94 bits per heavy atom. The molecule has 34 heavy (non-hydrogen) atoms. The smallest absolute Gasteiger partial charge is 0.254 e. The lowest BCUT2D eigenvalue weighted by Gasteiger charge is -2.22. The average molecular weight is 457 g/mol. The number of benzene rings is 1. The highest BCUT2D eigenvalue weighted by atomic mass is 16.1. The number of nitrogens with zero attached hydrogens (tertiary/aromatic N) is 5. The van der Waals surface area contributed by atoms with E-state index in [1.807, 2.05) is 10.9 Å². The number of amides is 1. The van der Waals surface area contributed by atoms with Crippen molar-refractivity contribution in [3.05, 3.63) is 59.0 Å². The molecular formula is C27H32N6O. The van der Waals surface area contributed by atoms with Gasteiger partial charge in [0.05, 0.1) is 23.1 Å². The average Bonchev–Trinajstić information content (AvgIpc) is 3.49. The second-order valence-electron chi connectivity index (χ2n) is 9.82. The first-order chi connectivity index (χ1) is 16.7. The SMILES string of the molecule is CCN1CCC[C@H]1CNC(=O)c1cnn(-c2ncc3c(n2)-c2ccccc2CCC3)c1C1CC1. The van der Waals surface area contributed by atoms with Crippen molar-refractivity contribution in [2.45, 2.75) is 63.8 Å². The van der Waals surface area contributed by atoms with Gasteiger partial charge in [0.1, 0.15) is 0 Å². The molecule has 1 aromatic carbocycles. The van der Waals surface area contributed by atoms with Crippen LogP contribution in [0.1, 0.15) is 72.1 Å². The Kier molecular flexibility index (Phi) is 5.65. The van der Waals surface area contributed by atoms with Gasteiger partial charge in [-0.15, -0.1) is 0 Å². The number of likely N-dealkylation sites (tertiary alicyclic amines) is 1. The molecule has 0 radical (unpaired) electrons. The summed E-state index contributed by atoms with van der Waals surface area (Å²) in [6.07, 6.45) is 11.3. The number of aryl methyl sites for hydroxylation is 2. The van der Waals surface area contributed by atoms with E-state index >= 15 is 0 Å². The molecule has 2 aliphatic carbocycles. The second kappa shape index (κ2) is 8.95. The zero-order chi connectivity index (χ0) is 23.1. The maximum atomic E-state index is 13.2. The van der Waals surface area contributed by atoms with Gasteiger partial charge in [-0.2, -0.15) is 5.10 Å². The van der Waals surface area contributed by atoms with Crippen LogP contribution in [0.15, 0.2) is 36.7 Å². The lowest BCUT2D eigenvalue weighted by Crippen LogP contribution is -2.40. The number of fused-ring (bicyclic) bond motifs is 3. The molecule has 1 amide bonds. The molecule has 0 spiro atoms. The van der Waals surface area contributed by atoms with E-state index < -0.39 is 0 Å². The molecule has 1 saturated carbocycles. The topological polar surface area (TPSA) is 75.9 Å². The molecule has 7 nitrogen and oxygen atoms in total. The van der Waals surface area contributed by atoms with Gasteiger partial charge in [0.2, 0.25) is 0 Å². The largest absolute Gasteiger partial charge is 0.350 e. The van der Waals surface area contributed by atoms with Gasteiger partial charge in [0.15, 0.2) is 0 Å². The number of likely N-dealkylation sites (N-methyl/N-ethyl adjacent to an activating group) is 1. The van der Waals surface area contributed by atoms with Crippen molar-refractivity contribution in [3.8, 4) is 17.2 Å². The number of hydrogen-bond acceptors (Lipinski definition) is 5. The Balaban J connectivity index is 1.31. The number of nitrogens with one attached hydrogen (secondary N) is 1. The van der Waals surface area contributed by atoms with Crippen LogP contribution in [0.5, 0.6) is 0 Å². The lowest BCUT2D eigenvalue weighted by molar-refractivity contribution is 0.0940. The van der Waals surface area contributed by atoms with Crippen LogP contribution in [-0.4, -0.2) is 56.2 Å². The molecular weight excluding hydrogens is 424 g/mol. The quantitative estimate of drug-likeness (QED) is 0.609. The summed E-state index contributed by atoms with van der Waals surface area (Å²) >= 11 is 0. The number of hydrogen-bond donors (Lipinski definition) is 1. The highest BCUT2D eigenvalue weighted by Crippen LogP contribution is 2.42. The summed E-state index contributed by atoms with van der Waals surface area (Å²) in [5.74, 6) is 0.872. The van der Waals surface area contributed by atoms with E-state index in [9.17, 15) is 4.79 Å². The highest BCUT2D eigenvalue weighted by Gasteiger charge is 2.34. The van der Waals surface area contributed by atoms with E-state index in [0.29, 0.717) is 30.0 Å². The minimum absolute atomic E-state index is 0.0313. The molecule has 0 bridgehead atoms. The maximum absolute atomic E-state index is 13.2. The molecule has 6 rings (SSSR count). The number of carbonyl (C=O) groups is 1. The third-order valence-electron chi connectivity index (χ3n) is 7.62. The van der Waals surface area contributed by atoms with Crippen LogP contribution in [0.4, 0.5) is 0 Å². The van der Waals surface area contributed by atoms with Gasteiger partial charge in [-0.1, -0.05) is 31.2 Å². The highest BCUT2D eigenvalue weighted by molar-refractivity contribution is 5.95. The van der Waals surface area contributed by atoms with Crippen LogP contribution >= 0.6 is 0 Å². The first-order valence-electron chi connectivity index (χ1n) is 12.8. The second-order valence-corrected chi connectivity index (χ2v) is 9.82. The normalized spacial score (nSPS) is 20.0. The molecule has 2 aromatic heterocycles. The van der Waals surface area contributed by atoms with Gasteiger partial charge in [-0.25, -0.2) is 14.6 Å². The molecule has 0 unspecified atom stereocenters. The summed E-state index contributed by atoms with van der Waals surface area (Å²) in [5, 5.41) is 7.82. The van der Waals surface area contributed by atoms with Crippen LogP contribution in [-0.2, 0) is 12.8 Å². The van der Waals surface area contributed by atoms with Crippen molar-refractivity contribution in [1.29, 1.82) is 0 Å². The van der Waals surface area contributed by atoms with E-state index in [2.05, 4.69) is 46.5 Å².